The number of rotatable bonds is 7. The fraction of sp³-hybridized carbons (Fsp3) is 0.227. The van der Waals surface area contributed by atoms with Crippen LogP contribution in [0.15, 0.2) is 54.9 Å². The van der Waals surface area contributed by atoms with Gasteiger partial charge in [-0.05, 0) is 42.3 Å². The molecule has 4 rings (SSSR count). The standard InChI is InChI=1S/C22H23N7O2/c1-14(2)20-17(12-25-29(20)19-6-4-5-11-23-19)22(30)24-13-18-26-21(28-27-18)15-7-9-16(31-3)10-8-15/h4-12,14H,13H2,1-3H3,(H,24,30)(H,26,27,28). The highest BCUT2D eigenvalue weighted by atomic mass is 16.5. The smallest absolute Gasteiger partial charge is 0.255 e. The molecule has 158 valence electrons. The number of ether oxygens (including phenoxy) is 1. The summed E-state index contributed by atoms with van der Waals surface area (Å²) in [6.45, 7) is 4.25. The van der Waals surface area contributed by atoms with Gasteiger partial charge in [0.25, 0.3) is 5.91 Å². The Labute approximate surface area is 179 Å². The van der Waals surface area contributed by atoms with Gasteiger partial charge in [0.1, 0.15) is 11.6 Å². The van der Waals surface area contributed by atoms with E-state index in [0.717, 1.165) is 17.0 Å². The van der Waals surface area contributed by atoms with E-state index in [1.54, 1.807) is 24.2 Å². The Hall–Kier alpha value is -4.01. The van der Waals surface area contributed by atoms with Crippen molar-refractivity contribution in [2.45, 2.75) is 26.3 Å². The van der Waals surface area contributed by atoms with E-state index >= 15 is 0 Å². The van der Waals surface area contributed by atoms with Gasteiger partial charge in [0.05, 0.1) is 31.1 Å². The maximum Gasteiger partial charge on any atom is 0.255 e. The maximum atomic E-state index is 12.9. The molecule has 3 heterocycles. The fourth-order valence-corrected chi connectivity index (χ4v) is 3.25. The predicted octanol–water partition coefficient (Wildman–Crippen LogP) is 3.11. The molecule has 0 unspecified atom stereocenters. The number of aromatic nitrogens is 6. The first-order valence-electron chi connectivity index (χ1n) is 9.90. The van der Waals surface area contributed by atoms with Gasteiger partial charge in [0.15, 0.2) is 11.6 Å². The Morgan fingerprint density at radius 2 is 2.00 bits per heavy atom. The molecule has 0 atom stereocenters. The summed E-state index contributed by atoms with van der Waals surface area (Å²) >= 11 is 0. The Balaban J connectivity index is 1.48. The number of nitrogens with zero attached hydrogens (tertiary/aromatic N) is 5. The van der Waals surface area contributed by atoms with E-state index in [-0.39, 0.29) is 18.4 Å². The van der Waals surface area contributed by atoms with Crippen molar-refractivity contribution >= 4 is 5.91 Å². The van der Waals surface area contributed by atoms with Crippen molar-refractivity contribution in [2.75, 3.05) is 7.11 Å². The summed E-state index contributed by atoms with van der Waals surface area (Å²) in [5, 5.41) is 14.4. The van der Waals surface area contributed by atoms with E-state index in [1.165, 1.54) is 0 Å². The maximum absolute atomic E-state index is 12.9. The number of hydrogen-bond acceptors (Lipinski definition) is 6. The van der Waals surface area contributed by atoms with Gasteiger partial charge in [-0.15, -0.1) is 0 Å². The number of carbonyl (C=O) groups is 1. The average Bonchev–Trinajstić information content (AvgIpc) is 3.46. The van der Waals surface area contributed by atoms with Crippen molar-refractivity contribution in [3.63, 3.8) is 0 Å². The van der Waals surface area contributed by atoms with Crippen LogP contribution in [0.5, 0.6) is 5.75 Å². The number of amides is 1. The third-order valence-corrected chi connectivity index (χ3v) is 4.76. The second kappa shape index (κ2) is 8.78. The molecule has 0 radical (unpaired) electrons. The number of methoxy groups -OCH3 is 1. The zero-order valence-electron chi connectivity index (χ0n) is 17.5. The SMILES string of the molecule is COc1ccc(-c2n[nH]c(CNC(=O)c3cnn(-c4ccccn4)c3C(C)C)n2)cc1. The molecule has 0 saturated carbocycles. The summed E-state index contributed by atoms with van der Waals surface area (Å²) in [5.41, 5.74) is 2.16. The molecule has 3 aromatic heterocycles. The van der Waals surface area contributed by atoms with Gasteiger partial charge in [0.2, 0.25) is 0 Å². The van der Waals surface area contributed by atoms with E-state index in [1.807, 2.05) is 56.3 Å². The van der Waals surface area contributed by atoms with Gasteiger partial charge in [-0.2, -0.15) is 10.2 Å². The average molecular weight is 417 g/mol. The number of pyridine rings is 1. The van der Waals surface area contributed by atoms with Crippen LogP contribution in [0.4, 0.5) is 0 Å². The number of H-pyrrole nitrogens is 1. The largest absolute Gasteiger partial charge is 0.497 e. The van der Waals surface area contributed by atoms with Crippen molar-refractivity contribution < 1.29 is 9.53 Å². The first-order chi connectivity index (χ1) is 15.1. The minimum absolute atomic E-state index is 0.0808. The Bertz CT molecular complexity index is 1160. The summed E-state index contributed by atoms with van der Waals surface area (Å²) in [5.74, 6) is 2.40. The van der Waals surface area contributed by atoms with E-state index in [0.29, 0.717) is 23.0 Å². The zero-order chi connectivity index (χ0) is 21.8. The van der Waals surface area contributed by atoms with Crippen LogP contribution < -0.4 is 10.1 Å². The monoisotopic (exact) mass is 417 g/mol. The first kappa shape index (κ1) is 20.3. The molecule has 0 aliphatic rings. The predicted molar refractivity (Wildman–Crippen MR) is 115 cm³/mol. The lowest BCUT2D eigenvalue weighted by Crippen LogP contribution is -2.24. The number of nitrogens with one attached hydrogen (secondary N) is 2. The molecule has 1 aromatic carbocycles. The summed E-state index contributed by atoms with van der Waals surface area (Å²) < 4.78 is 6.87. The van der Waals surface area contributed by atoms with Crippen molar-refractivity contribution in [1.82, 2.24) is 35.3 Å². The van der Waals surface area contributed by atoms with Crippen LogP contribution >= 0.6 is 0 Å². The number of benzene rings is 1. The van der Waals surface area contributed by atoms with Crippen LogP contribution in [0, 0.1) is 0 Å². The minimum atomic E-state index is -0.228. The summed E-state index contributed by atoms with van der Waals surface area (Å²) in [7, 11) is 1.62. The summed E-state index contributed by atoms with van der Waals surface area (Å²) in [4.78, 5) is 21.7. The van der Waals surface area contributed by atoms with Crippen LogP contribution in [0.3, 0.4) is 0 Å². The van der Waals surface area contributed by atoms with Crippen LogP contribution in [0.2, 0.25) is 0 Å². The molecular formula is C22H23N7O2. The third-order valence-electron chi connectivity index (χ3n) is 4.76. The molecule has 0 bridgehead atoms. The molecule has 4 aromatic rings. The van der Waals surface area contributed by atoms with Gasteiger partial charge < -0.3 is 10.1 Å². The normalized spacial score (nSPS) is 11.0. The van der Waals surface area contributed by atoms with E-state index in [4.69, 9.17) is 4.74 Å². The lowest BCUT2D eigenvalue weighted by Gasteiger charge is -2.12. The molecule has 0 spiro atoms. The van der Waals surface area contributed by atoms with Crippen molar-refractivity contribution in [3.8, 4) is 23.0 Å². The molecule has 0 fully saturated rings. The highest BCUT2D eigenvalue weighted by Crippen LogP contribution is 2.22. The van der Waals surface area contributed by atoms with Gasteiger partial charge in [0, 0.05) is 11.8 Å². The molecule has 0 aliphatic heterocycles. The fourth-order valence-electron chi connectivity index (χ4n) is 3.25. The highest BCUT2D eigenvalue weighted by molar-refractivity contribution is 5.95. The molecule has 9 heteroatoms. The van der Waals surface area contributed by atoms with Gasteiger partial charge in [-0.25, -0.2) is 14.6 Å². The van der Waals surface area contributed by atoms with Gasteiger partial charge in [-0.1, -0.05) is 19.9 Å². The van der Waals surface area contributed by atoms with Crippen LogP contribution in [0.1, 0.15) is 41.6 Å². The molecule has 0 aliphatic carbocycles. The quantitative estimate of drug-likeness (QED) is 0.478. The van der Waals surface area contributed by atoms with Crippen molar-refractivity contribution in [3.05, 3.63) is 71.9 Å². The molecule has 31 heavy (non-hydrogen) atoms. The second-order valence-corrected chi connectivity index (χ2v) is 7.21. The van der Waals surface area contributed by atoms with E-state index in [9.17, 15) is 4.79 Å². The van der Waals surface area contributed by atoms with E-state index in [2.05, 4.69) is 30.6 Å². The van der Waals surface area contributed by atoms with Crippen molar-refractivity contribution in [1.29, 1.82) is 0 Å². The third kappa shape index (κ3) is 4.30. The Kier molecular flexibility index (Phi) is 5.74. The van der Waals surface area contributed by atoms with Crippen molar-refractivity contribution in [2.24, 2.45) is 0 Å². The lowest BCUT2D eigenvalue weighted by molar-refractivity contribution is 0.0948. The molecule has 2 N–H and O–H groups in total. The Morgan fingerprint density at radius 3 is 2.68 bits per heavy atom. The highest BCUT2D eigenvalue weighted by Gasteiger charge is 2.21. The summed E-state index contributed by atoms with van der Waals surface area (Å²) in [6.07, 6.45) is 3.27. The molecule has 1 amide bonds. The first-order valence-corrected chi connectivity index (χ1v) is 9.90. The van der Waals surface area contributed by atoms with Crippen LogP contribution in [-0.2, 0) is 6.54 Å². The molecule has 9 nitrogen and oxygen atoms in total. The number of hydrogen-bond donors (Lipinski definition) is 2. The number of aromatic amines is 1. The zero-order valence-corrected chi connectivity index (χ0v) is 17.5. The Morgan fingerprint density at radius 1 is 1.19 bits per heavy atom. The molecular weight excluding hydrogens is 394 g/mol. The molecule has 0 saturated heterocycles. The second-order valence-electron chi connectivity index (χ2n) is 7.21. The topological polar surface area (TPSA) is 111 Å². The van der Waals surface area contributed by atoms with Gasteiger partial charge in [-0.3, -0.25) is 9.89 Å². The minimum Gasteiger partial charge on any atom is -0.497 e. The summed E-state index contributed by atoms with van der Waals surface area (Å²) in [6, 6.07) is 13.0. The van der Waals surface area contributed by atoms with Crippen LogP contribution in [0.25, 0.3) is 17.2 Å². The van der Waals surface area contributed by atoms with Gasteiger partial charge >= 0.3 is 0 Å². The number of carbonyl (C=O) groups excluding carboxylic acids is 1. The van der Waals surface area contributed by atoms with E-state index < -0.39 is 0 Å². The lowest BCUT2D eigenvalue weighted by atomic mass is 10.1. The van der Waals surface area contributed by atoms with Crippen LogP contribution in [-0.4, -0.2) is 43.0 Å².